The standard InChI is InChI=1S/C12H22O2/c1-8(2)10-5-4-9(3)11(6-10)7-12(13)14/h8-11H,4-7H2,1-3H3,(H,13,14). The number of carboxylic acid groups (broad SMARTS) is 1. The SMILES string of the molecule is CC(C)C1CCC(C)C(CC(=O)O)C1. The summed E-state index contributed by atoms with van der Waals surface area (Å²) in [6, 6.07) is 0. The average Bonchev–Trinajstić information content (AvgIpc) is 2.07. The molecule has 0 aromatic heterocycles. The van der Waals surface area contributed by atoms with E-state index in [9.17, 15) is 4.79 Å². The Labute approximate surface area is 86.7 Å². The van der Waals surface area contributed by atoms with Crippen molar-refractivity contribution in [1.82, 2.24) is 0 Å². The minimum Gasteiger partial charge on any atom is -0.481 e. The monoisotopic (exact) mass is 198 g/mol. The van der Waals surface area contributed by atoms with Crippen molar-refractivity contribution in [2.24, 2.45) is 23.7 Å². The zero-order valence-corrected chi connectivity index (χ0v) is 9.49. The van der Waals surface area contributed by atoms with Crippen LogP contribution >= 0.6 is 0 Å². The summed E-state index contributed by atoms with van der Waals surface area (Å²) in [5, 5.41) is 8.81. The number of hydrogen-bond acceptors (Lipinski definition) is 1. The predicted octanol–water partition coefficient (Wildman–Crippen LogP) is 3.17. The molecule has 1 aliphatic rings. The molecule has 0 aromatic carbocycles. The first-order valence-electron chi connectivity index (χ1n) is 5.72. The highest BCUT2D eigenvalue weighted by Gasteiger charge is 2.30. The molecule has 0 amide bonds. The molecule has 82 valence electrons. The molecule has 3 atom stereocenters. The van der Waals surface area contributed by atoms with Crippen LogP contribution in [0.3, 0.4) is 0 Å². The summed E-state index contributed by atoms with van der Waals surface area (Å²) in [4.78, 5) is 10.7. The molecule has 1 fully saturated rings. The van der Waals surface area contributed by atoms with E-state index in [1.165, 1.54) is 12.8 Å². The minimum atomic E-state index is -0.633. The van der Waals surface area contributed by atoms with Crippen molar-refractivity contribution < 1.29 is 9.90 Å². The number of aliphatic carboxylic acids is 1. The normalized spacial score (nSPS) is 33.3. The lowest BCUT2D eigenvalue weighted by Crippen LogP contribution is -2.27. The molecule has 0 spiro atoms. The second-order valence-corrected chi connectivity index (χ2v) is 5.15. The molecule has 1 saturated carbocycles. The Morgan fingerprint density at radius 3 is 2.57 bits per heavy atom. The highest BCUT2D eigenvalue weighted by molar-refractivity contribution is 5.67. The number of carbonyl (C=O) groups is 1. The molecule has 1 aliphatic carbocycles. The summed E-state index contributed by atoms with van der Waals surface area (Å²) in [5.74, 6) is 1.83. The molecule has 1 N–H and O–H groups in total. The minimum absolute atomic E-state index is 0.365. The molecule has 0 aliphatic heterocycles. The molecular formula is C12H22O2. The Balaban J connectivity index is 2.50. The number of rotatable bonds is 3. The third-order valence-electron chi connectivity index (χ3n) is 3.78. The van der Waals surface area contributed by atoms with E-state index in [0.29, 0.717) is 24.2 Å². The van der Waals surface area contributed by atoms with Gasteiger partial charge in [0, 0.05) is 6.42 Å². The van der Waals surface area contributed by atoms with Crippen LogP contribution in [0.25, 0.3) is 0 Å². The van der Waals surface area contributed by atoms with Gasteiger partial charge in [0.05, 0.1) is 0 Å². The van der Waals surface area contributed by atoms with E-state index < -0.39 is 5.97 Å². The second-order valence-electron chi connectivity index (χ2n) is 5.15. The van der Waals surface area contributed by atoms with E-state index in [4.69, 9.17) is 5.11 Å². The van der Waals surface area contributed by atoms with Crippen molar-refractivity contribution in [3.63, 3.8) is 0 Å². The fraction of sp³-hybridized carbons (Fsp3) is 0.917. The Hall–Kier alpha value is -0.530. The van der Waals surface area contributed by atoms with Gasteiger partial charge in [0.2, 0.25) is 0 Å². The summed E-state index contributed by atoms with van der Waals surface area (Å²) in [6.07, 6.45) is 3.98. The zero-order valence-electron chi connectivity index (χ0n) is 9.49. The highest BCUT2D eigenvalue weighted by Crippen LogP contribution is 2.38. The zero-order chi connectivity index (χ0) is 10.7. The summed E-state index contributed by atoms with van der Waals surface area (Å²) < 4.78 is 0. The number of hydrogen-bond donors (Lipinski definition) is 1. The maximum Gasteiger partial charge on any atom is 0.303 e. The summed E-state index contributed by atoms with van der Waals surface area (Å²) in [7, 11) is 0. The third kappa shape index (κ3) is 3.00. The van der Waals surface area contributed by atoms with E-state index in [1.807, 2.05) is 0 Å². The van der Waals surface area contributed by atoms with Crippen LogP contribution in [0, 0.1) is 23.7 Å². The van der Waals surface area contributed by atoms with Crippen LogP contribution in [0.4, 0.5) is 0 Å². The highest BCUT2D eigenvalue weighted by atomic mass is 16.4. The van der Waals surface area contributed by atoms with Crippen LogP contribution in [0.5, 0.6) is 0 Å². The maximum absolute atomic E-state index is 10.7. The summed E-state index contributed by atoms with van der Waals surface area (Å²) in [6.45, 7) is 6.70. The van der Waals surface area contributed by atoms with Gasteiger partial charge in [-0.2, -0.15) is 0 Å². The van der Waals surface area contributed by atoms with Crippen LogP contribution in [0.1, 0.15) is 46.5 Å². The molecule has 0 radical (unpaired) electrons. The van der Waals surface area contributed by atoms with E-state index in [1.54, 1.807) is 0 Å². The third-order valence-corrected chi connectivity index (χ3v) is 3.78. The van der Waals surface area contributed by atoms with Gasteiger partial charge < -0.3 is 5.11 Å². The molecule has 0 heterocycles. The van der Waals surface area contributed by atoms with Crippen molar-refractivity contribution in [2.75, 3.05) is 0 Å². The number of carboxylic acids is 1. The van der Waals surface area contributed by atoms with Crippen molar-refractivity contribution >= 4 is 5.97 Å². The maximum atomic E-state index is 10.7. The van der Waals surface area contributed by atoms with Gasteiger partial charge in [-0.05, 0) is 36.5 Å². The lowest BCUT2D eigenvalue weighted by atomic mass is 9.70. The molecule has 2 nitrogen and oxygen atoms in total. The fourth-order valence-corrected chi connectivity index (χ4v) is 2.57. The van der Waals surface area contributed by atoms with Crippen molar-refractivity contribution in [1.29, 1.82) is 0 Å². The van der Waals surface area contributed by atoms with Gasteiger partial charge in [0.15, 0.2) is 0 Å². The van der Waals surface area contributed by atoms with Gasteiger partial charge in [-0.3, -0.25) is 4.79 Å². The molecule has 0 saturated heterocycles. The molecule has 3 unspecified atom stereocenters. The molecule has 1 rings (SSSR count). The van der Waals surface area contributed by atoms with Crippen LogP contribution in [0.2, 0.25) is 0 Å². The molecular weight excluding hydrogens is 176 g/mol. The Bertz CT molecular complexity index is 198. The Kier molecular flexibility index (Phi) is 3.97. The van der Waals surface area contributed by atoms with Crippen LogP contribution in [0.15, 0.2) is 0 Å². The Morgan fingerprint density at radius 1 is 1.43 bits per heavy atom. The quantitative estimate of drug-likeness (QED) is 0.756. The first-order chi connectivity index (χ1) is 6.50. The van der Waals surface area contributed by atoms with Gasteiger partial charge in [0.25, 0.3) is 0 Å². The van der Waals surface area contributed by atoms with Crippen molar-refractivity contribution in [3.05, 3.63) is 0 Å². The van der Waals surface area contributed by atoms with Gasteiger partial charge in [-0.15, -0.1) is 0 Å². The smallest absolute Gasteiger partial charge is 0.303 e. The van der Waals surface area contributed by atoms with E-state index >= 15 is 0 Å². The van der Waals surface area contributed by atoms with E-state index in [2.05, 4.69) is 20.8 Å². The Morgan fingerprint density at radius 2 is 2.07 bits per heavy atom. The van der Waals surface area contributed by atoms with Crippen LogP contribution in [-0.2, 0) is 4.79 Å². The van der Waals surface area contributed by atoms with E-state index in [0.717, 1.165) is 12.3 Å². The lowest BCUT2D eigenvalue weighted by molar-refractivity contribution is -0.139. The summed E-state index contributed by atoms with van der Waals surface area (Å²) >= 11 is 0. The first-order valence-corrected chi connectivity index (χ1v) is 5.72. The topological polar surface area (TPSA) is 37.3 Å². The second kappa shape index (κ2) is 4.81. The largest absolute Gasteiger partial charge is 0.481 e. The van der Waals surface area contributed by atoms with Gasteiger partial charge >= 0.3 is 5.97 Å². The molecule has 0 bridgehead atoms. The fourth-order valence-electron chi connectivity index (χ4n) is 2.57. The lowest BCUT2D eigenvalue weighted by Gasteiger charge is -2.35. The van der Waals surface area contributed by atoms with Crippen LogP contribution in [-0.4, -0.2) is 11.1 Å². The molecule has 0 aromatic rings. The van der Waals surface area contributed by atoms with Crippen molar-refractivity contribution in [2.45, 2.75) is 46.5 Å². The van der Waals surface area contributed by atoms with Gasteiger partial charge in [0.1, 0.15) is 0 Å². The van der Waals surface area contributed by atoms with Crippen molar-refractivity contribution in [3.8, 4) is 0 Å². The molecule has 2 heteroatoms. The first kappa shape index (κ1) is 11.5. The summed E-state index contributed by atoms with van der Waals surface area (Å²) in [5.41, 5.74) is 0. The molecule has 14 heavy (non-hydrogen) atoms. The average molecular weight is 198 g/mol. The van der Waals surface area contributed by atoms with Gasteiger partial charge in [-0.25, -0.2) is 0 Å². The van der Waals surface area contributed by atoms with E-state index in [-0.39, 0.29) is 0 Å². The van der Waals surface area contributed by atoms with Crippen LogP contribution < -0.4 is 0 Å². The predicted molar refractivity (Wildman–Crippen MR) is 57.1 cm³/mol. The van der Waals surface area contributed by atoms with Gasteiger partial charge in [-0.1, -0.05) is 27.2 Å².